The zero-order valence-corrected chi connectivity index (χ0v) is 21.9. The summed E-state index contributed by atoms with van der Waals surface area (Å²) in [6, 6.07) is 5.27. The van der Waals surface area contributed by atoms with Gasteiger partial charge in [0, 0.05) is 16.7 Å². The van der Waals surface area contributed by atoms with Crippen LogP contribution in [0, 0.1) is 0 Å². The molecule has 8 nitrogen and oxygen atoms in total. The molecule has 0 N–H and O–H groups in total. The fourth-order valence-corrected chi connectivity index (χ4v) is 2.52. The topological polar surface area (TPSA) is 97.4 Å². The number of carbonyl (C=O) groups excluding carboxylic acids is 3. The zero-order valence-electron chi connectivity index (χ0n) is 21.9. The molecule has 0 bridgehead atoms. The Morgan fingerprint density at radius 1 is 0.730 bits per heavy atom. The number of rotatable bonds is 15. The third kappa shape index (κ3) is 11.3. The van der Waals surface area contributed by atoms with Gasteiger partial charge in [-0.3, -0.25) is 0 Å². The molecule has 37 heavy (non-hydrogen) atoms. The van der Waals surface area contributed by atoms with E-state index in [0.29, 0.717) is 17.1 Å². The predicted molar refractivity (Wildman–Crippen MR) is 142 cm³/mol. The highest BCUT2D eigenvalue weighted by Gasteiger charge is 2.11. The van der Waals surface area contributed by atoms with E-state index in [2.05, 4.69) is 26.3 Å². The monoisotopic (exact) mass is 510 g/mol. The highest BCUT2D eigenvalue weighted by molar-refractivity contribution is 5.88. The van der Waals surface area contributed by atoms with Crippen molar-refractivity contribution in [3.63, 3.8) is 0 Å². The van der Waals surface area contributed by atoms with Crippen molar-refractivity contribution in [2.24, 2.45) is 0 Å². The highest BCUT2D eigenvalue weighted by Crippen LogP contribution is 2.32. The number of hydrogen-bond acceptors (Lipinski definition) is 8. The molecule has 0 saturated carbocycles. The van der Waals surface area contributed by atoms with Crippen LogP contribution in [0.5, 0.6) is 11.5 Å². The lowest BCUT2D eigenvalue weighted by molar-refractivity contribution is -0.140. The molecule has 0 heterocycles. The van der Waals surface area contributed by atoms with Crippen LogP contribution in [0.3, 0.4) is 0 Å². The van der Waals surface area contributed by atoms with Gasteiger partial charge in [-0.2, -0.15) is 0 Å². The molecule has 0 atom stereocenters. The maximum absolute atomic E-state index is 11.7. The molecule has 0 fully saturated rings. The van der Waals surface area contributed by atoms with Gasteiger partial charge in [0.05, 0.1) is 0 Å². The van der Waals surface area contributed by atoms with E-state index in [-0.39, 0.29) is 43.3 Å². The zero-order chi connectivity index (χ0) is 28.0. The van der Waals surface area contributed by atoms with E-state index < -0.39 is 17.9 Å². The fraction of sp³-hybridized carbons (Fsp3) is 0.276. The highest BCUT2D eigenvalue weighted by atomic mass is 16.6. The van der Waals surface area contributed by atoms with Crippen LogP contribution in [-0.4, -0.2) is 44.3 Å². The minimum absolute atomic E-state index is 0.00980. The normalized spacial score (nSPS) is 10.9. The van der Waals surface area contributed by atoms with Crippen LogP contribution in [0.1, 0.15) is 33.3 Å². The van der Waals surface area contributed by atoms with Gasteiger partial charge in [0.25, 0.3) is 0 Å². The first-order valence-corrected chi connectivity index (χ1v) is 11.4. The van der Waals surface area contributed by atoms with Crippen LogP contribution >= 0.6 is 0 Å². The molecule has 0 aliphatic rings. The minimum Gasteiger partial charge on any atom is -0.486 e. The largest absolute Gasteiger partial charge is 0.486 e. The van der Waals surface area contributed by atoms with E-state index in [4.69, 9.17) is 23.7 Å². The smallest absolute Gasteiger partial charge is 0.338 e. The van der Waals surface area contributed by atoms with Crippen molar-refractivity contribution in [1.29, 1.82) is 0 Å². The number of hydrogen-bond donors (Lipinski definition) is 0. The minimum atomic E-state index is -0.560. The second kappa shape index (κ2) is 15.6. The average Bonchev–Trinajstić information content (AvgIpc) is 2.84. The molecular formula is C29H34O8. The van der Waals surface area contributed by atoms with Crippen LogP contribution < -0.4 is 9.47 Å². The molecule has 0 saturated heterocycles. The van der Waals surface area contributed by atoms with Crippen molar-refractivity contribution in [1.82, 2.24) is 0 Å². The molecule has 1 aromatic carbocycles. The molecule has 1 aromatic rings. The molecule has 0 spiro atoms. The van der Waals surface area contributed by atoms with Gasteiger partial charge < -0.3 is 23.7 Å². The molecule has 0 unspecified atom stereocenters. The Bertz CT molecular complexity index is 1120. The van der Waals surface area contributed by atoms with Crippen molar-refractivity contribution < 1.29 is 38.1 Å². The third-order valence-corrected chi connectivity index (χ3v) is 4.45. The van der Waals surface area contributed by atoms with Crippen LogP contribution in [-0.2, 0) is 28.6 Å². The van der Waals surface area contributed by atoms with Gasteiger partial charge in [-0.1, -0.05) is 44.5 Å². The lowest BCUT2D eigenvalue weighted by Crippen LogP contribution is -2.14. The summed E-state index contributed by atoms with van der Waals surface area (Å²) in [5.41, 5.74) is 2.40. The van der Waals surface area contributed by atoms with Crippen LogP contribution in [0.25, 0.3) is 5.57 Å². The summed E-state index contributed by atoms with van der Waals surface area (Å²) in [7, 11) is 0. The van der Waals surface area contributed by atoms with Crippen molar-refractivity contribution >= 4 is 23.5 Å². The molecule has 0 aromatic heterocycles. The molecule has 0 aliphatic heterocycles. The van der Waals surface area contributed by atoms with Gasteiger partial charge in [-0.15, -0.1) is 0 Å². The van der Waals surface area contributed by atoms with E-state index in [0.717, 1.165) is 11.1 Å². The van der Waals surface area contributed by atoms with E-state index in [1.807, 2.05) is 19.1 Å². The Balaban J connectivity index is 3.01. The SMILES string of the molecule is C=C(/C=C\C(=C/C)c1ccc(OCCOC(=O)C(=C)C)c(OCCOC(=O)C(=C)C)c1)OC(=O)C(=C)C. The quantitative estimate of drug-likeness (QED) is 0.0786. The van der Waals surface area contributed by atoms with Crippen LogP contribution in [0.15, 0.2) is 85.2 Å². The summed E-state index contributed by atoms with van der Waals surface area (Å²) in [6.07, 6.45) is 5.16. The van der Waals surface area contributed by atoms with Gasteiger partial charge in [-0.25, -0.2) is 14.4 Å². The van der Waals surface area contributed by atoms with Crippen molar-refractivity contribution in [2.45, 2.75) is 27.7 Å². The Kier molecular flexibility index (Phi) is 13.0. The number of carbonyl (C=O) groups is 3. The van der Waals surface area contributed by atoms with Crippen molar-refractivity contribution in [3.8, 4) is 11.5 Å². The first-order chi connectivity index (χ1) is 17.5. The van der Waals surface area contributed by atoms with Crippen molar-refractivity contribution in [2.75, 3.05) is 26.4 Å². The molecule has 8 heteroatoms. The summed E-state index contributed by atoms with van der Waals surface area (Å²) in [6.45, 7) is 21.0. The second-order valence-electron chi connectivity index (χ2n) is 7.90. The summed E-state index contributed by atoms with van der Waals surface area (Å²) in [4.78, 5) is 34.8. The van der Waals surface area contributed by atoms with Gasteiger partial charge >= 0.3 is 17.9 Å². The van der Waals surface area contributed by atoms with Gasteiger partial charge in [0.15, 0.2) is 11.5 Å². The molecule has 1 rings (SSSR count). The standard InChI is InChI=1S/C29H34O8/c1-9-23(11-10-22(8)37-29(32)21(6)7)24-12-13-25(33-14-16-35-27(30)19(2)3)26(18-24)34-15-17-36-28(31)20(4)5/h9-13,18H,2,4,6,8,14-17H2,1,3,5,7H3/b11-10-,23-9+. The molecular weight excluding hydrogens is 476 g/mol. The predicted octanol–water partition coefficient (Wildman–Crippen LogP) is 5.28. The molecule has 0 amide bonds. The summed E-state index contributed by atoms with van der Waals surface area (Å²) < 4.78 is 26.8. The average molecular weight is 511 g/mol. The van der Waals surface area contributed by atoms with Gasteiger partial charge in [0.1, 0.15) is 32.2 Å². The molecule has 0 radical (unpaired) electrons. The van der Waals surface area contributed by atoms with E-state index in [9.17, 15) is 14.4 Å². The van der Waals surface area contributed by atoms with Crippen LogP contribution in [0.2, 0.25) is 0 Å². The van der Waals surface area contributed by atoms with Crippen molar-refractivity contribution in [3.05, 3.63) is 90.8 Å². The Morgan fingerprint density at radius 3 is 1.73 bits per heavy atom. The number of allylic oxidation sites excluding steroid dienone is 4. The van der Waals surface area contributed by atoms with Gasteiger partial charge in [0.2, 0.25) is 0 Å². The maximum atomic E-state index is 11.7. The van der Waals surface area contributed by atoms with E-state index >= 15 is 0 Å². The number of esters is 3. The van der Waals surface area contributed by atoms with E-state index in [1.165, 1.54) is 0 Å². The Morgan fingerprint density at radius 2 is 1.24 bits per heavy atom. The Labute approximate surface area is 218 Å². The first kappa shape index (κ1) is 30.7. The second-order valence-corrected chi connectivity index (χ2v) is 7.90. The first-order valence-electron chi connectivity index (χ1n) is 11.4. The molecule has 198 valence electrons. The fourth-order valence-electron chi connectivity index (χ4n) is 2.52. The van der Waals surface area contributed by atoms with Gasteiger partial charge in [-0.05, 0) is 57.0 Å². The lowest BCUT2D eigenvalue weighted by Gasteiger charge is -2.15. The number of ether oxygens (including phenoxy) is 5. The third-order valence-electron chi connectivity index (χ3n) is 4.45. The number of benzene rings is 1. The van der Waals surface area contributed by atoms with Crippen LogP contribution in [0.4, 0.5) is 0 Å². The maximum Gasteiger partial charge on any atom is 0.338 e. The van der Waals surface area contributed by atoms with E-state index in [1.54, 1.807) is 45.1 Å². The Hall–Kier alpha value is -4.33. The summed E-state index contributed by atoms with van der Waals surface area (Å²) in [5, 5.41) is 0. The molecule has 0 aliphatic carbocycles. The summed E-state index contributed by atoms with van der Waals surface area (Å²) in [5.74, 6) is -0.629. The lowest BCUT2D eigenvalue weighted by atomic mass is 10.0. The summed E-state index contributed by atoms with van der Waals surface area (Å²) >= 11 is 0.